The summed E-state index contributed by atoms with van der Waals surface area (Å²) < 4.78 is 4.78. The largest absolute Gasteiger partial charge is 0.309 e. The van der Waals surface area contributed by atoms with Crippen molar-refractivity contribution in [3.63, 3.8) is 0 Å². The van der Waals surface area contributed by atoms with Gasteiger partial charge in [0.05, 0.1) is 33.5 Å². The van der Waals surface area contributed by atoms with Crippen LogP contribution in [-0.4, -0.2) is 19.1 Å². The van der Waals surface area contributed by atoms with Crippen LogP contribution in [0.25, 0.3) is 100 Å². The van der Waals surface area contributed by atoms with Gasteiger partial charge in [0, 0.05) is 49.6 Å². The third kappa shape index (κ3) is 5.23. The van der Waals surface area contributed by atoms with Crippen molar-refractivity contribution in [2.75, 3.05) is 0 Å². The van der Waals surface area contributed by atoms with E-state index in [-0.39, 0.29) is 0 Å². The van der Waals surface area contributed by atoms with Crippen molar-refractivity contribution in [3.8, 4) is 56.4 Å². The molecule has 8 aromatic carbocycles. The quantitative estimate of drug-likeness (QED) is 0.172. The number of aromatic nitrogens is 4. The molecule has 0 amide bonds. The molecule has 262 valence electrons. The van der Waals surface area contributed by atoms with E-state index >= 15 is 0 Å². The predicted molar refractivity (Wildman–Crippen MR) is 232 cm³/mol. The summed E-state index contributed by atoms with van der Waals surface area (Å²) in [5.74, 6) is 0.696. The van der Waals surface area contributed by atoms with Crippen molar-refractivity contribution >= 4 is 43.6 Å². The van der Waals surface area contributed by atoms with Crippen molar-refractivity contribution in [2.24, 2.45) is 0 Å². The first-order valence-corrected chi connectivity index (χ1v) is 19.0. The summed E-state index contributed by atoms with van der Waals surface area (Å²) >= 11 is 0. The van der Waals surface area contributed by atoms with E-state index in [0.29, 0.717) is 5.82 Å². The summed E-state index contributed by atoms with van der Waals surface area (Å²) in [6.07, 6.45) is 0. The van der Waals surface area contributed by atoms with E-state index in [1.54, 1.807) is 0 Å². The Kier molecular flexibility index (Phi) is 7.46. The molecule has 0 aliphatic heterocycles. The lowest BCUT2D eigenvalue weighted by molar-refractivity contribution is 1.16. The van der Waals surface area contributed by atoms with E-state index < -0.39 is 0 Å². The fraction of sp³-hybridized carbons (Fsp3) is 0. The van der Waals surface area contributed by atoms with Crippen molar-refractivity contribution in [3.05, 3.63) is 206 Å². The molecule has 0 atom stereocenters. The van der Waals surface area contributed by atoms with Crippen LogP contribution in [0.3, 0.4) is 0 Å². The van der Waals surface area contributed by atoms with Gasteiger partial charge in [0.2, 0.25) is 0 Å². The standard InChI is InChI=1S/C52H34N4/c1-5-16-35(17-6-1)38-28-30-49-44(32-38)51-42(52-53-45(36-18-7-2-8-19-36)34-46(54-52)37-20-9-3-10-21-37)25-15-27-50(51)56(49)40-29-31-48-43(33-40)41-24-13-14-26-47(41)55(48)39-22-11-4-12-23-39/h1-34H. The van der Waals surface area contributed by atoms with Gasteiger partial charge in [-0.15, -0.1) is 0 Å². The predicted octanol–water partition coefficient (Wildman–Crippen LogP) is 13.3. The van der Waals surface area contributed by atoms with E-state index in [1.165, 1.54) is 27.4 Å². The highest BCUT2D eigenvalue weighted by molar-refractivity contribution is 6.17. The van der Waals surface area contributed by atoms with E-state index in [1.807, 2.05) is 12.1 Å². The molecule has 0 unspecified atom stereocenters. The van der Waals surface area contributed by atoms with Crippen molar-refractivity contribution in [1.82, 2.24) is 19.1 Å². The molecule has 0 saturated heterocycles. The van der Waals surface area contributed by atoms with Crippen LogP contribution in [0.2, 0.25) is 0 Å². The first-order valence-electron chi connectivity index (χ1n) is 19.0. The lowest BCUT2D eigenvalue weighted by Crippen LogP contribution is -1.97. The number of benzene rings is 8. The third-order valence-corrected chi connectivity index (χ3v) is 10.9. The molecular weight excluding hydrogens is 681 g/mol. The Hall–Kier alpha value is -7.56. The molecule has 0 spiro atoms. The minimum absolute atomic E-state index is 0.696. The summed E-state index contributed by atoms with van der Waals surface area (Å²) in [6.45, 7) is 0. The molecule has 0 N–H and O–H groups in total. The van der Waals surface area contributed by atoms with Crippen molar-refractivity contribution < 1.29 is 0 Å². The van der Waals surface area contributed by atoms with Crippen LogP contribution in [0.1, 0.15) is 0 Å². The number of hydrogen-bond acceptors (Lipinski definition) is 2. The number of fused-ring (bicyclic) bond motifs is 6. The molecule has 0 aliphatic rings. The molecule has 4 nitrogen and oxygen atoms in total. The number of rotatable bonds is 6. The molecular formula is C52H34N4. The van der Waals surface area contributed by atoms with E-state index in [2.05, 4.69) is 203 Å². The van der Waals surface area contributed by atoms with Crippen LogP contribution in [0.15, 0.2) is 206 Å². The Balaban J connectivity index is 1.20. The van der Waals surface area contributed by atoms with Crippen LogP contribution in [0.5, 0.6) is 0 Å². The summed E-state index contributed by atoms with van der Waals surface area (Å²) in [4.78, 5) is 10.6. The molecule has 0 fully saturated rings. The minimum atomic E-state index is 0.696. The second-order valence-electron chi connectivity index (χ2n) is 14.2. The molecule has 3 aromatic heterocycles. The molecule has 11 rings (SSSR count). The van der Waals surface area contributed by atoms with Gasteiger partial charge in [-0.3, -0.25) is 0 Å². The zero-order chi connectivity index (χ0) is 37.0. The van der Waals surface area contributed by atoms with Gasteiger partial charge in [-0.2, -0.15) is 0 Å². The van der Waals surface area contributed by atoms with Crippen molar-refractivity contribution in [2.45, 2.75) is 0 Å². The second-order valence-corrected chi connectivity index (χ2v) is 14.2. The monoisotopic (exact) mass is 714 g/mol. The fourth-order valence-electron chi connectivity index (χ4n) is 8.38. The van der Waals surface area contributed by atoms with Gasteiger partial charge in [-0.05, 0) is 71.8 Å². The third-order valence-electron chi connectivity index (χ3n) is 10.9. The van der Waals surface area contributed by atoms with Gasteiger partial charge in [-0.25, -0.2) is 9.97 Å². The summed E-state index contributed by atoms with van der Waals surface area (Å²) in [6, 6.07) is 73.2. The minimum Gasteiger partial charge on any atom is -0.309 e. The normalized spacial score (nSPS) is 11.6. The first kappa shape index (κ1) is 31.9. The first-order chi connectivity index (χ1) is 27.8. The lowest BCUT2D eigenvalue weighted by atomic mass is 10.00. The van der Waals surface area contributed by atoms with Crippen molar-refractivity contribution in [1.29, 1.82) is 0 Å². The number of nitrogens with zero attached hydrogens (tertiary/aromatic N) is 4. The Morgan fingerprint density at radius 3 is 1.54 bits per heavy atom. The molecule has 56 heavy (non-hydrogen) atoms. The van der Waals surface area contributed by atoms with Gasteiger partial charge >= 0.3 is 0 Å². The molecule has 3 heterocycles. The zero-order valence-electron chi connectivity index (χ0n) is 30.4. The average molecular weight is 715 g/mol. The van der Waals surface area contributed by atoms with Gasteiger partial charge in [0.25, 0.3) is 0 Å². The Bertz CT molecular complexity index is 3160. The average Bonchev–Trinajstić information content (AvgIpc) is 3.79. The maximum absolute atomic E-state index is 5.30. The molecule has 11 aromatic rings. The van der Waals surface area contributed by atoms with Crippen LogP contribution in [0, 0.1) is 0 Å². The molecule has 4 heteroatoms. The highest BCUT2D eigenvalue weighted by Gasteiger charge is 2.21. The maximum Gasteiger partial charge on any atom is 0.161 e. The number of hydrogen-bond donors (Lipinski definition) is 0. The topological polar surface area (TPSA) is 35.6 Å². The van der Waals surface area contributed by atoms with Gasteiger partial charge in [0.1, 0.15) is 0 Å². The molecule has 0 radical (unpaired) electrons. The summed E-state index contributed by atoms with van der Waals surface area (Å²) in [7, 11) is 0. The highest BCUT2D eigenvalue weighted by Crippen LogP contribution is 2.42. The van der Waals surface area contributed by atoms with E-state index in [0.717, 1.165) is 66.8 Å². The summed E-state index contributed by atoms with van der Waals surface area (Å²) in [5, 5.41) is 4.70. The second kappa shape index (κ2) is 13.1. The van der Waals surface area contributed by atoms with Gasteiger partial charge in [0.15, 0.2) is 5.82 Å². The SMILES string of the molecule is c1ccc(-c2ccc3c(c2)c2c(-c4nc(-c5ccccc5)cc(-c5ccccc5)n4)cccc2n3-c2ccc3c(c2)c2ccccc2n3-c2ccccc2)cc1. The van der Waals surface area contributed by atoms with Crippen LogP contribution < -0.4 is 0 Å². The maximum atomic E-state index is 5.30. The molecule has 0 aliphatic carbocycles. The van der Waals surface area contributed by atoms with Crippen LogP contribution in [0.4, 0.5) is 0 Å². The highest BCUT2D eigenvalue weighted by atomic mass is 15.0. The van der Waals surface area contributed by atoms with E-state index in [9.17, 15) is 0 Å². The molecule has 0 bridgehead atoms. The van der Waals surface area contributed by atoms with Crippen LogP contribution >= 0.6 is 0 Å². The van der Waals surface area contributed by atoms with Gasteiger partial charge in [-0.1, -0.05) is 146 Å². The zero-order valence-corrected chi connectivity index (χ0v) is 30.4. The lowest BCUT2D eigenvalue weighted by Gasteiger charge is -2.12. The Morgan fingerprint density at radius 2 is 0.839 bits per heavy atom. The summed E-state index contributed by atoms with van der Waals surface area (Å²) in [5.41, 5.74) is 14.1. The van der Waals surface area contributed by atoms with E-state index in [4.69, 9.17) is 9.97 Å². The Labute approximate surface area is 324 Å². The number of para-hydroxylation sites is 2. The fourth-order valence-corrected chi connectivity index (χ4v) is 8.38. The molecule has 0 saturated carbocycles. The smallest absolute Gasteiger partial charge is 0.161 e. The van der Waals surface area contributed by atoms with Gasteiger partial charge < -0.3 is 9.13 Å². The van der Waals surface area contributed by atoms with Crippen LogP contribution in [-0.2, 0) is 0 Å². The Morgan fingerprint density at radius 1 is 0.304 bits per heavy atom.